The second-order valence-electron chi connectivity index (χ2n) is 6.35. The van der Waals surface area contributed by atoms with Gasteiger partial charge in [0.15, 0.2) is 0 Å². The monoisotopic (exact) mass is 389 g/mol. The zero-order chi connectivity index (χ0) is 20.4. The average molecular weight is 389 g/mol. The van der Waals surface area contributed by atoms with Gasteiger partial charge in [-0.2, -0.15) is 0 Å². The van der Waals surface area contributed by atoms with Crippen molar-refractivity contribution >= 4 is 32.7 Å². The third-order valence-corrected chi connectivity index (χ3v) is 4.34. The van der Waals surface area contributed by atoms with E-state index in [1.807, 2.05) is 85.3 Å². The zero-order valence-electron chi connectivity index (χ0n) is 16.2. The van der Waals surface area contributed by atoms with Crippen LogP contribution >= 0.6 is 0 Å². The van der Waals surface area contributed by atoms with E-state index in [0.717, 1.165) is 21.9 Å². The molecule has 0 radical (unpaired) electrons. The van der Waals surface area contributed by atoms with E-state index in [9.17, 15) is 0 Å². The van der Waals surface area contributed by atoms with Gasteiger partial charge in [-0.3, -0.25) is 15.0 Å². The minimum Gasteiger partial charge on any atom is -0.264 e. The highest BCUT2D eigenvalue weighted by Crippen LogP contribution is 2.09. The van der Waals surface area contributed by atoms with Crippen LogP contribution in [-0.4, -0.2) is 24.9 Å². The molecule has 0 unspecified atom stereocenters. The molecule has 0 atom stereocenters. The first-order valence-corrected chi connectivity index (χ1v) is 9.49. The van der Waals surface area contributed by atoms with E-state index in [1.54, 1.807) is 18.7 Å². The number of rotatable bonds is 0. The van der Waals surface area contributed by atoms with Gasteiger partial charge in [0.2, 0.25) is 0 Å². The number of hydrogen-bond donors (Lipinski definition) is 0. The van der Waals surface area contributed by atoms with Crippen LogP contribution in [0.15, 0.2) is 116 Å². The molecule has 0 N–H and O–H groups in total. The highest BCUT2D eigenvalue weighted by atomic mass is 14.8. The summed E-state index contributed by atoms with van der Waals surface area (Å²) in [7, 11) is 0. The number of benzene rings is 3. The fraction of sp³-hybridized carbons (Fsp3) is 0. The number of hydrogen-bond acceptors (Lipinski definition) is 5. The lowest BCUT2D eigenvalue weighted by atomic mass is 10.2. The van der Waals surface area contributed by atoms with Crippen LogP contribution in [0, 0.1) is 0 Å². The Morgan fingerprint density at radius 3 is 1.63 bits per heavy atom. The van der Waals surface area contributed by atoms with E-state index in [2.05, 4.69) is 37.1 Å². The van der Waals surface area contributed by atoms with Crippen LogP contribution in [0.2, 0.25) is 0 Å². The largest absolute Gasteiger partial charge is 0.264 e. The van der Waals surface area contributed by atoms with Crippen molar-refractivity contribution in [1.29, 1.82) is 0 Å². The molecule has 3 aromatic heterocycles. The molecule has 0 amide bonds. The topological polar surface area (TPSA) is 64.5 Å². The molecule has 0 saturated carbocycles. The molecule has 0 spiro atoms. The Kier molecular flexibility index (Phi) is 6.23. The Labute approximate surface area is 174 Å². The van der Waals surface area contributed by atoms with E-state index >= 15 is 0 Å². The molecule has 0 aliphatic heterocycles. The molecule has 5 heteroatoms. The maximum atomic E-state index is 4.12. The molecule has 0 fully saturated rings. The Bertz CT molecular complexity index is 1000. The first-order valence-electron chi connectivity index (χ1n) is 9.49. The normalized spacial score (nSPS) is 10.0. The van der Waals surface area contributed by atoms with Crippen LogP contribution in [-0.2, 0) is 0 Å². The minimum absolute atomic E-state index is 0.949. The lowest BCUT2D eigenvalue weighted by molar-refractivity contribution is 1.22. The molecule has 3 aromatic carbocycles. The van der Waals surface area contributed by atoms with Crippen molar-refractivity contribution in [1.82, 2.24) is 24.9 Å². The standard InChI is InChI=1S/C9H7N.2C8H6N2/c1-2-4-9-7-10-6-5-8(9)3-1;1-2-4-8-7(3-1)5-9-6-10-8;1-2-4-8-7(3-1)9-5-6-10-8/h1-7H;2*1-6H. The number of fused-ring (bicyclic) bond motifs is 3. The van der Waals surface area contributed by atoms with Gasteiger partial charge in [0, 0.05) is 36.4 Å². The van der Waals surface area contributed by atoms with Gasteiger partial charge in [0.25, 0.3) is 0 Å². The summed E-state index contributed by atoms with van der Waals surface area (Å²) < 4.78 is 0. The maximum absolute atomic E-state index is 4.12. The van der Waals surface area contributed by atoms with Crippen molar-refractivity contribution in [2.24, 2.45) is 0 Å². The number of aromatic nitrogens is 5. The first kappa shape index (κ1) is 19.1. The lowest BCUT2D eigenvalue weighted by Gasteiger charge is -1.91. The smallest absolute Gasteiger partial charge is 0.116 e. The number of nitrogens with zero attached hydrogens (tertiary/aromatic N) is 5. The molecule has 0 bridgehead atoms. The lowest BCUT2D eigenvalue weighted by Crippen LogP contribution is -1.78. The fourth-order valence-corrected chi connectivity index (χ4v) is 2.86. The van der Waals surface area contributed by atoms with Crippen LogP contribution in [0.25, 0.3) is 32.7 Å². The van der Waals surface area contributed by atoms with E-state index < -0.39 is 0 Å². The molecule has 5 nitrogen and oxygen atoms in total. The van der Waals surface area contributed by atoms with Crippen molar-refractivity contribution in [2.45, 2.75) is 0 Å². The van der Waals surface area contributed by atoms with Crippen molar-refractivity contribution in [2.75, 3.05) is 0 Å². The van der Waals surface area contributed by atoms with Gasteiger partial charge >= 0.3 is 0 Å². The molecule has 0 aliphatic carbocycles. The molecular weight excluding hydrogens is 370 g/mol. The van der Waals surface area contributed by atoms with Gasteiger partial charge in [-0.15, -0.1) is 0 Å². The average Bonchev–Trinajstić information content (AvgIpc) is 2.85. The molecule has 30 heavy (non-hydrogen) atoms. The first-order chi connectivity index (χ1) is 14.9. The van der Waals surface area contributed by atoms with Gasteiger partial charge in [-0.25, -0.2) is 9.97 Å². The Morgan fingerprint density at radius 2 is 0.967 bits per heavy atom. The van der Waals surface area contributed by atoms with Crippen molar-refractivity contribution in [3.63, 3.8) is 0 Å². The summed E-state index contributed by atoms with van der Waals surface area (Å²) in [5.74, 6) is 0. The van der Waals surface area contributed by atoms with Crippen molar-refractivity contribution in [3.05, 3.63) is 116 Å². The van der Waals surface area contributed by atoms with Gasteiger partial charge < -0.3 is 0 Å². The van der Waals surface area contributed by atoms with Gasteiger partial charge in [-0.05, 0) is 35.0 Å². The summed E-state index contributed by atoms with van der Waals surface area (Å²) >= 11 is 0. The summed E-state index contributed by atoms with van der Waals surface area (Å²) in [6, 6.07) is 25.9. The van der Waals surface area contributed by atoms with Crippen LogP contribution in [0.3, 0.4) is 0 Å². The molecule has 0 saturated heterocycles. The van der Waals surface area contributed by atoms with Crippen LogP contribution in [0.4, 0.5) is 0 Å². The summed E-state index contributed by atoms with van der Waals surface area (Å²) in [5.41, 5.74) is 2.90. The number of para-hydroxylation sites is 3. The quantitative estimate of drug-likeness (QED) is 0.343. The second-order valence-corrected chi connectivity index (χ2v) is 6.35. The van der Waals surface area contributed by atoms with Gasteiger partial charge in [-0.1, -0.05) is 54.6 Å². The van der Waals surface area contributed by atoms with Crippen molar-refractivity contribution < 1.29 is 0 Å². The molecule has 3 heterocycles. The van der Waals surface area contributed by atoms with E-state index in [1.165, 1.54) is 10.8 Å². The predicted octanol–water partition coefficient (Wildman–Crippen LogP) is 5.49. The molecule has 6 aromatic rings. The molecule has 6 rings (SSSR count). The summed E-state index contributed by atoms with van der Waals surface area (Å²) in [6.45, 7) is 0. The van der Waals surface area contributed by atoms with Crippen LogP contribution < -0.4 is 0 Å². The van der Waals surface area contributed by atoms with Gasteiger partial charge in [0.1, 0.15) is 6.33 Å². The maximum Gasteiger partial charge on any atom is 0.116 e. The van der Waals surface area contributed by atoms with E-state index in [0.29, 0.717) is 0 Å². The predicted molar refractivity (Wildman–Crippen MR) is 121 cm³/mol. The minimum atomic E-state index is 0.949. The SMILES string of the molecule is c1ccc2cnccc2c1.c1ccc2nccnc2c1.c1ccc2ncncc2c1. The van der Waals surface area contributed by atoms with E-state index in [-0.39, 0.29) is 0 Å². The third kappa shape index (κ3) is 4.97. The molecular formula is C25H19N5. The Balaban J connectivity index is 0.000000109. The number of pyridine rings is 1. The molecule has 0 aliphatic rings. The fourth-order valence-electron chi connectivity index (χ4n) is 2.86. The Morgan fingerprint density at radius 1 is 0.400 bits per heavy atom. The summed E-state index contributed by atoms with van der Waals surface area (Å²) in [4.78, 5) is 20.2. The summed E-state index contributed by atoms with van der Waals surface area (Å²) in [6.07, 6.45) is 10.4. The Hall–Kier alpha value is -4.25. The highest BCUT2D eigenvalue weighted by molar-refractivity contribution is 5.81. The molecule has 144 valence electrons. The third-order valence-electron chi connectivity index (χ3n) is 4.34. The van der Waals surface area contributed by atoms with E-state index in [4.69, 9.17) is 0 Å². The zero-order valence-corrected chi connectivity index (χ0v) is 16.2. The van der Waals surface area contributed by atoms with Crippen LogP contribution in [0.1, 0.15) is 0 Å². The van der Waals surface area contributed by atoms with Crippen molar-refractivity contribution in [3.8, 4) is 0 Å². The highest BCUT2D eigenvalue weighted by Gasteiger charge is 1.89. The second kappa shape index (κ2) is 9.80. The summed E-state index contributed by atoms with van der Waals surface area (Å²) in [5, 5.41) is 3.53. The van der Waals surface area contributed by atoms with Gasteiger partial charge in [0.05, 0.1) is 16.6 Å². The van der Waals surface area contributed by atoms with Crippen LogP contribution in [0.5, 0.6) is 0 Å².